The van der Waals surface area contributed by atoms with Gasteiger partial charge in [-0.1, -0.05) is 13.8 Å². The molecule has 0 saturated carbocycles. The van der Waals surface area contributed by atoms with Crippen LogP contribution in [0.4, 0.5) is 4.79 Å². The number of nitrogens with one attached hydrogen (secondary N) is 1. The second-order valence-corrected chi connectivity index (χ2v) is 7.47. The van der Waals surface area contributed by atoms with Crippen LogP contribution in [0.3, 0.4) is 0 Å². The molecule has 0 bridgehead atoms. The standard InChI is InChI=1S/C17H34N2O3/c1-14(2)8-11-21-12-9-18-13-15-7-6-10-19(15)16(20)22-17(3,4)5/h14-15,18H,6-13H2,1-5H3. The molecule has 0 aromatic heterocycles. The third kappa shape index (κ3) is 7.99. The quantitative estimate of drug-likeness (QED) is 0.700. The van der Waals surface area contributed by atoms with E-state index in [1.165, 1.54) is 0 Å². The summed E-state index contributed by atoms with van der Waals surface area (Å²) in [6, 6.07) is 0.241. The molecule has 1 atom stereocenters. The molecule has 130 valence electrons. The highest BCUT2D eigenvalue weighted by atomic mass is 16.6. The topological polar surface area (TPSA) is 50.8 Å². The molecule has 1 fully saturated rings. The highest BCUT2D eigenvalue weighted by Gasteiger charge is 2.31. The lowest BCUT2D eigenvalue weighted by molar-refractivity contribution is 0.0225. The van der Waals surface area contributed by atoms with Crippen LogP contribution in [0, 0.1) is 5.92 Å². The number of hydrogen-bond acceptors (Lipinski definition) is 4. The smallest absolute Gasteiger partial charge is 0.410 e. The predicted molar refractivity (Wildman–Crippen MR) is 89.1 cm³/mol. The van der Waals surface area contributed by atoms with Crippen LogP contribution < -0.4 is 5.32 Å². The molecule has 1 unspecified atom stereocenters. The molecule has 5 nitrogen and oxygen atoms in total. The van der Waals surface area contributed by atoms with Crippen LogP contribution in [0.25, 0.3) is 0 Å². The Hall–Kier alpha value is -0.810. The molecule has 0 radical (unpaired) electrons. The molecule has 1 saturated heterocycles. The van der Waals surface area contributed by atoms with Gasteiger partial charge in [0, 0.05) is 32.3 Å². The first kappa shape index (κ1) is 19.2. The zero-order chi connectivity index (χ0) is 16.6. The third-order valence-electron chi connectivity index (χ3n) is 3.65. The van der Waals surface area contributed by atoms with Gasteiger partial charge in [0.2, 0.25) is 0 Å². The normalized spacial score (nSPS) is 19.0. The highest BCUT2D eigenvalue weighted by Crippen LogP contribution is 2.20. The number of amides is 1. The van der Waals surface area contributed by atoms with Crippen LogP contribution in [0.1, 0.15) is 53.9 Å². The number of carbonyl (C=O) groups excluding carboxylic acids is 1. The lowest BCUT2D eigenvalue weighted by Gasteiger charge is -2.28. The zero-order valence-electron chi connectivity index (χ0n) is 15.0. The van der Waals surface area contributed by atoms with Crippen LogP contribution >= 0.6 is 0 Å². The zero-order valence-corrected chi connectivity index (χ0v) is 15.0. The SMILES string of the molecule is CC(C)CCOCCNCC1CCCN1C(=O)OC(C)(C)C. The summed E-state index contributed by atoms with van der Waals surface area (Å²) in [7, 11) is 0. The van der Waals surface area contributed by atoms with E-state index in [1.54, 1.807) is 0 Å². The van der Waals surface area contributed by atoms with Crippen molar-refractivity contribution in [1.29, 1.82) is 0 Å². The molecule has 1 amide bonds. The fourth-order valence-electron chi connectivity index (χ4n) is 2.44. The predicted octanol–water partition coefficient (Wildman–Crippen LogP) is 3.04. The van der Waals surface area contributed by atoms with Crippen molar-refractivity contribution < 1.29 is 14.3 Å². The average molecular weight is 314 g/mol. The van der Waals surface area contributed by atoms with Gasteiger partial charge in [-0.25, -0.2) is 4.79 Å². The fourth-order valence-corrected chi connectivity index (χ4v) is 2.44. The van der Waals surface area contributed by atoms with E-state index in [0.717, 1.165) is 52.1 Å². The summed E-state index contributed by atoms with van der Waals surface area (Å²) in [5.74, 6) is 0.689. The summed E-state index contributed by atoms with van der Waals surface area (Å²) in [6.07, 6.45) is 3.01. The van der Waals surface area contributed by atoms with Gasteiger partial charge in [0.15, 0.2) is 0 Å². The van der Waals surface area contributed by atoms with E-state index in [0.29, 0.717) is 5.92 Å². The first-order valence-corrected chi connectivity index (χ1v) is 8.57. The van der Waals surface area contributed by atoms with Crippen molar-refractivity contribution in [1.82, 2.24) is 10.2 Å². The largest absolute Gasteiger partial charge is 0.444 e. The Labute approximate surface area is 135 Å². The van der Waals surface area contributed by atoms with Gasteiger partial charge >= 0.3 is 6.09 Å². The molecule has 1 rings (SSSR count). The molecular weight excluding hydrogens is 280 g/mol. The molecular formula is C17H34N2O3. The summed E-state index contributed by atoms with van der Waals surface area (Å²) in [5.41, 5.74) is -0.429. The van der Waals surface area contributed by atoms with Crippen molar-refractivity contribution in [2.75, 3.05) is 32.8 Å². The number of carbonyl (C=O) groups is 1. The number of ether oxygens (including phenoxy) is 2. The average Bonchev–Trinajstić information content (AvgIpc) is 2.83. The Balaban J connectivity index is 2.17. The maximum absolute atomic E-state index is 12.2. The molecule has 0 spiro atoms. The lowest BCUT2D eigenvalue weighted by Crippen LogP contribution is -2.44. The van der Waals surface area contributed by atoms with Crippen molar-refractivity contribution in [2.45, 2.75) is 65.5 Å². The van der Waals surface area contributed by atoms with Gasteiger partial charge in [-0.05, 0) is 46.0 Å². The molecule has 22 heavy (non-hydrogen) atoms. The summed E-state index contributed by atoms with van der Waals surface area (Å²) >= 11 is 0. The Kier molecular flexibility index (Phi) is 8.18. The first-order valence-electron chi connectivity index (χ1n) is 8.57. The minimum Gasteiger partial charge on any atom is -0.444 e. The van der Waals surface area contributed by atoms with Crippen LogP contribution in [0.5, 0.6) is 0 Å². The molecule has 5 heteroatoms. The summed E-state index contributed by atoms with van der Waals surface area (Å²) in [6.45, 7) is 14.1. The number of nitrogens with zero attached hydrogens (tertiary/aromatic N) is 1. The van der Waals surface area contributed by atoms with E-state index in [1.807, 2.05) is 25.7 Å². The molecule has 1 aliphatic rings. The summed E-state index contributed by atoms with van der Waals surface area (Å²) in [5, 5.41) is 3.39. The Bertz CT molecular complexity index is 326. The van der Waals surface area contributed by atoms with Gasteiger partial charge in [0.05, 0.1) is 6.61 Å². The highest BCUT2D eigenvalue weighted by molar-refractivity contribution is 5.69. The number of rotatable bonds is 8. The van der Waals surface area contributed by atoms with Crippen LogP contribution in [0.2, 0.25) is 0 Å². The Morgan fingerprint density at radius 3 is 2.68 bits per heavy atom. The Morgan fingerprint density at radius 2 is 2.05 bits per heavy atom. The van der Waals surface area contributed by atoms with E-state index >= 15 is 0 Å². The van der Waals surface area contributed by atoms with Gasteiger partial charge in [-0.15, -0.1) is 0 Å². The van der Waals surface area contributed by atoms with Gasteiger partial charge in [0.1, 0.15) is 5.60 Å². The maximum atomic E-state index is 12.2. The van der Waals surface area contributed by atoms with Crippen LogP contribution in [-0.4, -0.2) is 55.5 Å². The molecule has 0 aromatic rings. The van der Waals surface area contributed by atoms with E-state index in [2.05, 4.69) is 19.2 Å². The van der Waals surface area contributed by atoms with Gasteiger partial charge in [-0.3, -0.25) is 0 Å². The van der Waals surface area contributed by atoms with E-state index in [-0.39, 0.29) is 12.1 Å². The number of hydrogen-bond donors (Lipinski definition) is 1. The minimum absolute atomic E-state index is 0.190. The van der Waals surface area contributed by atoms with Crippen molar-refractivity contribution in [2.24, 2.45) is 5.92 Å². The minimum atomic E-state index is -0.429. The lowest BCUT2D eigenvalue weighted by atomic mass is 10.1. The van der Waals surface area contributed by atoms with Crippen LogP contribution in [-0.2, 0) is 9.47 Å². The molecule has 1 aliphatic heterocycles. The molecule has 1 N–H and O–H groups in total. The fraction of sp³-hybridized carbons (Fsp3) is 0.941. The third-order valence-corrected chi connectivity index (χ3v) is 3.65. The van der Waals surface area contributed by atoms with E-state index in [9.17, 15) is 4.79 Å². The maximum Gasteiger partial charge on any atom is 0.410 e. The van der Waals surface area contributed by atoms with Crippen molar-refractivity contribution in [3.8, 4) is 0 Å². The second kappa shape index (κ2) is 9.36. The van der Waals surface area contributed by atoms with E-state index in [4.69, 9.17) is 9.47 Å². The van der Waals surface area contributed by atoms with Gasteiger partial charge in [-0.2, -0.15) is 0 Å². The first-order chi connectivity index (χ1) is 10.3. The number of likely N-dealkylation sites (tertiary alicyclic amines) is 1. The Morgan fingerprint density at radius 1 is 1.32 bits per heavy atom. The van der Waals surface area contributed by atoms with Crippen molar-refractivity contribution in [3.05, 3.63) is 0 Å². The summed E-state index contributed by atoms with van der Waals surface area (Å²) in [4.78, 5) is 14.0. The molecule has 1 heterocycles. The van der Waals surface area contributed by atoms with Crippen molar-refractivity contribution in [3.63, 3.8) is 0 Å². The molecule has 0 aliphatic carbocycles. The van der Waals surface area contributed by atoms with Crippen molar-refractivity contribution >= 4 is 6.09 Å². The van der Waals surface area contributed by atoms with Gasteiger partial charge in [0.25, 0.3) is 0 Å². The van der Waals surface area contributed by atoms with E-state index < -0.39 is 5.60 Å². The van der Waals surface area contributed by atoms with Crippen LogP contribution in [0.15, 0.2) is 0 Å². The molecule has 0 aromatic carbocycles. The summed E-state index contributed by atoms with van der Waals surface area (Å²) < 4.78 is 11.0. The second-order valence-electron chi connectivity index (χ2n) is 7.47. The monoisotopic (exact) mass is 314 g/mol. The van der Waals surface area contributed by atoms with Gasteiger partial charge < -0.3 is 19.7 Å².